The monoisotopic (exact) mass is 234 g/mol. The van der Waals surface area contributed by atoms with Crippen LogP contribution in [-0.4, -0.2) is 5.11 Å². The lowest BCUT2D eigenvalue weighted by Gasteiger charge is -2.14. The van der Waals surface area contributed by atoms with E-state index in [-0.39, 0.29) is 5.92 Å². The Morgan fingerprint density at radius 1 is 0.944 bits per heavy atom. The predicted molar refractivity (Wildman–Crippen MR) is 72.2 cm³/mol. The first kappa shape index (κ1) is 11.1. The molecule has 2 atom stereocenters. The topological polar surface area (TPSA) is 20.2 Å². The molecule has 0 heterocycles. The molecule has 0 fully saturated rings. The molecule has 0 amide bonds. The Kier molecular flexibility index (Phi) is 2.66. The summed E-state index contributed by atoms with van der Waals surface area (Å²) in [6.45, 7) is 0. The van der Waals surface area contributed by atoms with E-state index in [1.165, 1.54) is 0 Å². The van der Waals surface area contributed by atoms with E-state index in [0.717, 1.165) is 28.7 Å². The van der Waals surface area contributed by atoms with Crippen LogP contribution in [0, 0.1) is 12.3 Å². The van der Waals surface area contributed by atoms with E-state index in [1.54, 1.807) is 0 Å². The van der Waals surface area contributed by atoms with Gasteiger partial charge in [0.2, 0.25) is 0 Å². The molecule has 0 aromatic heterocycles. The van der Waals surface area contributed by atoms with Gasteiger partial charge in [0.05, 0.1) is 0 Å². The van der Waals surface area contributed by atoms with E-state index in [0.29, 0.717) is 0 Å². The maximum Gasteiger partial charge on any atom is 0.105 e. The van der Waals surface area contributed by atoms with Crippen molar-refractivity contribution in [3.63, 3.8) is 0 Å². The van der Waals surface area contributed by atoms with Gasteiger partial charge in [-0.15, -0.1) is 6.42 Å². The van der Waals surface area contributed by atoms with Gasteiger partial charge in [0.25, 0.3) is 0 Å². The van der Waals surface area contributed by atoms with Gasteiger partial charge in [0, 0.05) is 5.92 Å². The number of rotatable bonds is 0. The van der Waals surface area contributed by atoms with Crippen molar-refractivity contribution in [1.82, 2.24) is 0 Å². The molecule has 0 radical (unpaired) electrons. The fourth-order valence-corrected chi connectivity index (χ4v) is 2.71. The van der Waals surface area contributed by atoms with Crippen molar-refractivity contribution in [2.75, 3.05) is 0 Å². The standard InChI is InChI=1S/C17H14O/c1-2-12-11-13-7-3-4-9-15(13)17(18)16-10-6-5-8-14(12)16/h1,3-10,12,17-18H,11H2. The molecule has 1 nitrogen and oxygen atoms in total. The number of fused-ring (bicyclic) bond motifs is 2. The maximum absolute atomic E-state index is 10.5. The van der Waals surface area contributed by atoms with E-state index in [2.05, 4.69) is 12.0 Å². The first-order chi connectivity index (χ1) is 8.81. The first-order valence-corrected chi connectivity index (χ1v) is 6.12. The normalized spacial score (nSPS) is 21.3. The zero-order chi connectivity index (χ0) is 12.5. The van der Waals surface area contributed by atoms with E-state index in [1.807, 2.05) is 42.5 Å². The average molecular weight is 234 g/mol. The quantitative estimate of drug-likeness (QED) is 0.695. The van der Waals surface area contributed by atoms with Crippen molar-refractivity contribution in [2.45, 2.75) is 18.4 Å². The molecule has 2 unspecified atom stereocenters. The molecule has 1 aliphatic rings. The lowest BCUT2D eigenvalue weighted by molar-refractivity contribution is 0.219. The fourth-order valence-electron chi connectivity index (χ4n) is 2.71. The highest BCUT2D eigenvalue weighted by molar-refractivity contribution is 5.47. The van der Waals surface area contributed by atoms with Crippen LogP contribution in [0.15, 0.2) is 48.5 Å². The molecule has 2 aromatic carbocycles. The Balaban J connectivity index is 2.25. The second-order valence-corrected chi connectivity index (χ2v) is 4.65. The summed E-state index contributed by atoms with van der Waals surface area (Å²) in [6.07, 6.45) is 5.88. The summed E-state index contributed by atoms with van der Waals surface area (Å²) in [5.41, 5.74) is 4.13. The summed E-state index contributed by atoms with van der Waals surface area (Å²) in [5, 5.41) is 10.5. The van der Waals surface area contributed by atoms with Crippen LogP contribution < -0.4 is 0 Å². The van der Waals surface area contributed by atoms with Crippen molar-refractivity contribution in [1.29, 1.82) is 0 Å². The van der Waals surface area contributed by atoms with Gasteiger partial charge in [-0.05, 0) is 28.7 Å². The highest BCUT2D eigenvalue weighted by atomic mass is 16.3. The Bertz CT molecular complexity index is 622. The van der Waals surface area contributed by atoms with Gasteiger partial charge in [-0.1, -0.05) is 54.5 Å². The summed E-state index contributed by atoms with van der Waals surface area (Å²) in [7, 11) is 0. The molecule has 1 aliphatic carbocycles. The summed E-state index contributed by atoms with van der Waals surface area (Å²) in [6, 6.07) is 15.9. The van der Waals surface area contributed by atoms with Crippen LogP contribution in [0.1, 0.15) is 34.3 Å². The van der Waals surface area contributed by atoms with E-state index in [9.17, 15) is 5.11 Å². The molecule has 88 valence electrons. The Hall–Kier alpha value is -2.04. The molecule has 1 heteroatoms. The van der Waals surface area contributed by atoms with Crippen molar-refractivity contribution >= 4 is 0 Å². The van der Waals surface area contributed by atoms with Crippen LogP contribution in [0.4, 0.5) is 0 Å². The molecular formula is C17H14O. The number of terminal acetylenes is 1. The van der Waals surface area contributed by atoms with Gasteiger partial charge in [-0.3, -0.25) is 0 Å². The number of aliphatic hydroxyl groups excluding tert-OH is 1. The van der Waals surface area contributed by atoms with Gasteiger partial charge in [0.15, 0.2) is 0 Å². The zero-order valence-electron chi connectivity index (χ0n) is 10.0. The molecule has 0 spiro atoms. The second kappa shape index (κ2) is 4.33. The summed E-state index contributed by atoms with van der Waals surface area (Å²) in [4.78, 5) is 0. The van der Waals surface area contributed by atoms with Crippen LogP contribution in [-0.2, 0) is 6.42 Å². The zero-order valence-corrected chi connectivity index (χ0v) is 10.0. The molecule has 0 bridgehead atoms. The molecule has 0 saturated carbocycles. The van der Waals surface area contributed by atoms with Crippen molar-refractivity contribution in [2.24, 2.45) is 0 Å². The summed E-state index contributed by atoms with van der Waals surface area (Å²) in [5.74, 6) is 2.89. The van der Waals surface area contributed by atoms with Crippen molar-refractivity contribution in [3.8, 4) is 12.3 Å². The van der Waals surface area contributed by atoms with Crippen LogP contribution in [0.25, 0.3) is 0 Å². The van der Waals surface area contributed by atoms with E-state index < -0.39 is 6.10 Å². The minimum Gasteiger partial charge on any atom is -0.384 e. The second-order valence-electron chi connectivity index (χ2n) is 4.65. The van der Waals surface area contributed by atoms with Crippen LogP contribution in [0.2, 0.25) is 0 Å². The molecular weight excluding hydrogens is 220 g/mol. The van der Waals surface area contributed by atoms with E-state index in [4.69, 9.17) is 6.42 Å². The summed E-state index contributed by atoms with van der Waals surface area (Å²) < 4.78 is 0. The van der Waals surface area contributed by atoms with Gasteiger partial charge in [-0.25, -0.2) is 0 Å². The third-order valence-corrected chi connectivity index (χ3v) is 3.64. The Labute approximate surface area is 107 Å². The Morgan fingerprint density at radius 3 is 2.28 bits per heavy atom. The maximum atomic E-state index is 10.5. The van der Waals surface area contributed by atoms with Gasteiger partial charge >= 0.3 is 0 Å². The lowest BCUT2D eigenvalue weighted by Crippen LogP contribution is -2.02. The first-order valence-electron chi connectivity index (χ1n) is 6.12. The van der Waals surface area contributed by atoms with Gasteiger partial charge in [-0.2, -0.15) is 0 Å². The molecule has 18 heavy (non-hydrogen) atoms. The molecule has 0 aliphatic heterocycles. The minimum atomic E-state index is -0.573. The highest BCUT2D eigenvalue weighted by Gasteiger charge is 2.25. The van der Waals surface area contributed by atoms with E-state index >= 15 is 0 Å². The molecule has 2 aromatic rings. The third-order valence-electron chi connectivity index (χ3n) is 3.64. The van der Waals surface area contributed by atoms with Crippen molar-refractivity contribution < 1.29 is 5.11 Å². The van der Waals surface area contributed by atoms with Crippen molar-refractivity contribution in [3.05, 3.63) is 70.8 Å². The number of hydrogen-bond donors (Lipinski definition) is 1. The third kappa shape index (κ3) is 1.63. The van der Waals surface area contributed by atoms with Crippen LogP contribution in [0.3, 0.4) is 0 Å². The lowest BCUT2D eigenvalue weighted by atomic mass is 9.92. The highest BCUT2D eigenvalue weighted by Crippen LogP contribution is 2.37. The predicted octanol–water partition coefficient (Wildman–Crippen LogP) is 3.04. The number of aliphatic hydroxyl groups is 1. The Morgan fingerprint density at radius 2 is 1.56 bits per heavy atom. The number of benzene rings is 2. The summed E-state index contributed by atoms with van der Waals surface area (Å²) >= 11 is 0. The molecule has 1 N–H and O–H groups in total. The van der Waals surface area contributed by atoms with Gasteiger partial charge < -0.3 is 5.11 Å². The molecule has 3 rings (SSSR count). The average Bonchev–Trinajstić information content (AvgIpc) is 2.55. The van der Waals surface area contributed by atoms with Gasteiger partial charge in [0.1, 0.15) is 6.10 Å². The fraction of sp³-hybridized carbons (Fsp3) is 0.176. The SMILES string of the molecule is C#CC1Cc2ccccc2C(O)c2ccccc21. The van der Waals surface area contributed by atoms with Crippen LogP contribution in [0.5, 0.6) is 0 Å². The smallest absolute Gasteiger partial charge is 0.105 e. The minimum absolute atomic E-state index is 0.0412. The molecule has 0 saturated heterocycles. The van der Waals surface area contributed by atoms with Crippen LogP contribution >= 0.6 is 0 Å². The number of hydrogen-bond acceptors (Lipinski definition) is 1. The largest absolute Gasteiger partial charge is 0.384 e.